The van der Waals surface area contributed by atoms with Gasteiger partial charge in [0.15, 0.2) is 0 Å². The summed E-state index contributed by atoms with van der Waals surface area (Å²) in [4.78, 5) is 23.4. The minimum absolute atomic E-state index is 0.205. The van der Waals surface area contributed by atoms with Gasteiger partial charge >= 0.3 is 5.69 Å². The van der Waals surface area contributed by atoms with E-state index in [4.69, 9.17) is 0 Å². The summed E-state index contributed by atoms with van der Waals surface area (Å²) >= 11 is 0. The molecule has 2 rings (SSSR count). The Morgan fingerprint density at radius 1 is 1.41 bits per heavy atom. The average molecular weight is 237 g/mol. The van der Waals surface area contributed by atoms with Gasteiger partial charge in [-0.1, -0.05) is 6.42 Å². The zero-order valence-corrected chi connectivity index (χ0v) is 10.2. The summed E-state index contributed by atoms with van der Waals surface area (Å²) < 4.78 is 2.76. The van der Waals surface area contributed by atoms with Gasteiger partial charge in [0.25, 0.3) is 5.56 Å². The first kappa shape index (κ1) is 12.1. The Bertz CT molecular complexity index is 483. The largest absolute Gasteiger partial charge is 0.330 e. The van der Waals surface area contributed by atoms with Crippen LogP contribution in [0.1, 0.15) is 25.7 Å². The van der Waals surface area contributed by atoms with Crippen LogP contribution in [0.2, 0.25) is 0 Å². The predicted octanol–water partition coefficient (Wildman–Crippen LogP) is 0.0792. The van der Waals surface area contributed by atoms with E-state index in [1.54, 1.807) is 7.05 Å². The fourth-order valence-corrected chi connectivity index (χ4v) is 2.28. The highest BCUT2D eigenvalue weighted by Crippen LogP contribution is 2.09. The Labute approximate surface area is 100 Å². The molecule has 0 aliphatic carbocycles. The fourth-order valence-electron chi connectivity index (χ4n) is 2.28. The number of nitrogens with one attached hydrogen (secondary N) is 1. The zero-order valence-electron chi connectivity index (χ0n) is 10.2. The molecule has 1 aromatic heterocycles. The first-order chi connectivity index (χ1) is 8.18. The highest BCUT2D eigenvalue weighted by atomic mass is 16.2. The van der Waals surface area contributed by atoms with Crippen LogP contribution in [0.4, 0.5) is 0 Å². The van der Waals surface area contributed by atoms with E-state index in [1.807, 2.05) is 0 Å². The zero-order chi connectivity index (χ0) is 12.3. The SMILES string of the molecule is Cn1ccc(=O)n(CCC2CCCCN2)c1=O. The molecule has 0 amide bonds. The van der Waals surface area contributed by atoms with Gasteiger partial charge in [-0.2, -0.15) is 0 Å². The maximum absolute atomic E-state index is 11.8. The third-order valence-corrected chi connectivity index (χ3v) is 3.35. The van der Waals surface area contributed by atoms with Gasteiger partial charge in [-0.3, -0.25) is 9.36 Å². The number of piperidine rings is 1. The lowest BCUT2D eigenvalue weighted by molar-refractivity contribution is 0.361. The summed E-state index contributed by atoms with van der Waals surface area (Å²) in [6, 6.07) is 1.89. The Kier molecular flexibility index (Phi) is 3.78. The maximum atomic E-state index is 11.8. The number of hydrogen-bond donors (Lipinski definition) is 1. The molecule has 0 aromatic carbocycles. The Balaban J connectivity index is 2.06. The first-order valence-electron chi connectivity index (χ1n) is 6.18. The second kappa shape index (κ2) is 5.31. The molecule has 17 heavy (non-hydrogen) atoms. The van der Waals surface area contributed by atoms with Crippen LogP contribution in [0, 0.1) is 0 Å². The molecule has 94 valence electrons. The summed E-state index contributed by atoms with van der Waals surface area (Å²) in [6.45, 7) is 1.55. The topological polar surface area (TPSA) is 56.0 Å². The number of rotatable bonds is 3. The van der Waals surface area contributed by atoms with E-state index in [-0.39, 0.29) is 11.2 Å². The molecule has 1 unspecified atom stereocenters. The molecule has 1 atom stereocenters. The maximum Gasteiger partial charge on any atom is 0.330 e. The molecule has 1 aliphatic rings. The lowest BCUT2D eigenvalue weighted by Gasteiger charge is -2.23. The summed E-state index contributed by atoms with van der Waals surface area (Å²) in [5.74, 6) is 0. The molecule has 0 bridgehead atoms. The quantitative estimate of drug-likeness (QED) is 0.810. The highest BCUT2D eigenvalue weighted by Gasteiger charge is 2.13. The van der Waals surface area contributed by atoms with Crippen LogP contribution in [0.5, 0.6) is 0 Å². The smallest absolute Gasteiger partial charge is 0.314 e. The molecule has 0 radical (unpaired) electrons. The average Bonchev–Trinajstić information content (AvgIpc) is 2.35. The molecule has 1 saturated heterocycles. The van der Waals surface area contributed by atoms with Gasteiger partial charge < -0.3 is 9.88 Å². The van der Waals surface area contributed by atoms with E-state index in [9.17, 15) is 9.59 Å². The minimum atomic E-state index is -0.228. The van der Waals surface area contributed by atoms with Crippen molar-refractivity contribution >= 4 is 0 Å². The molecule has 1 N–H and O–H groups in total. The third-order valence-electron chi connectivity index (χ3n) is 3.35. The van der Waals surface area contributed by atoms with Gasteiger partial charge in [0.2, 0.25) is 0 Å². The summed E-state index contributed by atoms with van der Waals surface area (Å²) in [7, 11) is 1.66. The molecule has 5 nitrogen and oxygen atoms in total. The van der Waals surface area contributed by atoms with Gasteiger partial charge in [0.1, 0.15) is 0 Å². The molecular formula is C12H19N3O2. The van der Waals surface area contributed by atoms with Crippen molar-refractivity contribution in [1.29, 1.82) is 0 Å². The molecule has 1 aliphatic heterocycles. The van der Waals surface area contributed by atoms with Gasteiger partial charge in [0.05, 0.1) is 0 Å². The van der Waals surface area contributed by atoms with Crippen LogP contribution in [-0.4, -0.2) is 21.7 Å². The Morgan fingerprint density at radius 2 is 2.24 bits per heavy atom. The van der Waals surface area contributed by atoms with E-state index in [2.05, 4.69) is 5.32 Å². The number of aryl methyl sites for hydroxylation is 1. The molecular weight excluding hydrogens is 218 g/mol. The van der Waals surface area contributed by atoms with Gasteiger partial charge in [-0.05, 0) is 25.8 Å². The van der Waals surface area contributed by atoms with E-state index >= 15 is 0 Å². The summed E-state index contributed by atoms with van der Waals surface area (Å²) in [5, 5.41) is 3.42. The molecule has 1 aromatic rings. The Morgan fingerprint density at radius 3 is 2.94 bits per heavy atom. The monoisotopic (exact) mass is 237 g/mol. The van der Waals surface area contributed by atoms with Crippen molar-refractivity contribution in [2.75, 3.05) is 6.54 Å². The summed E-state index contributed by atoms with van der Waals surface area (Å²) in [6.07, 6.45) is 5.96. The lowest BCUT2D eigenvalue weighted by Crippen LogP contribution is -2.41. The molecule has 0 saturated carbocycles. The van der Waals surface area contributed by atoms with Crippen LogP contribution in [0.15, 0.2) is 21.9 Å². The molecule has 2 heterocycles. The predicted molar refractivity (Wildman–Crippen MR) is 66.2 cm³/mol. The van der Waals surface area contributed by atoms with Crippen molar-refractivity contribution < 1.29 is 0 Å². The molecule has 0 spiro atoms. The van der Waals surface area contributed by atoms with Crippen molar-refractivity contribution in [2.45, 2.75) is 38.3 Å². The van der Waals surface area contributed by atoms with Crippen molar-refractivity contribution in [3.8, 4) is 0 Å². The van der Waals surface area contributed by atoms with Crippen molar-refractivity contribution in [3.63, 3.8) is 0 Å². The normalized spacial score (nSPS) is 20.4. The molecule has 1 fully saturated rings. The van der Waals surface area contributed by atoms with E-state index in [0.717, 1.165) is 19.4 Å². The lowest BCUT2D eigenvalue weighted by atomic mass is 10.0. The van der Waals surface area contributed by atoms with Crippen LogP contribution in [-0.2, 0) is 13.6 Å². The summed E-state index contributed by atoms with van der Waals surface area (Å²) in [5.41, 5.74) is -0.433. The third kappa shape index (κ3) is 2.85. The van der Waals surface area contributed by atoms with Gasteiger partial charge in [-0.25, -0.2) is 4.79 Å². The van der Waals surface area contributed by atoms with Crippen molar-refractivity contribution in [1.82, 2.24) is 14.5 Å². The minimum Gasteiger partial charge on any atom is -0.314 e. The highest BCUT2D eigenvalue weighted by molar-refractivity contribution is 4.86. The number of hydrogen-bond acceptors (Lipinski definition) is 3. The number of nitrogens with zero attached hydrogens (tertiary/aromatic N) is 2. The fraction of sp³-hybridized carbons (Fsp3) is 0.667. The van der Waals surface area contributed by atoms with Crippen LogP contribution < -0.4 is 16.6 Å². The number of aromatic nitrogens is 2. The molecule has 5 heteroatoms. The van der Waals surface area contributed by atoms with Crippen molar-refractivity contribution in [3.05, 3.63) is 33.1 Å². The Hall–Kier alpha value is -1.36. The van der Waals surface area contributed by atoms with Crippen molar-refractivity contribution in [2.24, 2.45) is 7.05 Å². The van der Waals surface area contributed by atoms with E-state index in [0.29, 0.717) is 12.6 Å². The van der Waals surface area contributed by atoms with E-state index < -0.39 is 0 Å². The van der Waals surface area contributed by atoms with Crippen LogP contribution in [0.25, 0.3) is 0 Å². The van der Waals surface area contributed by atoms with Gasteiger partial charge in [-0.15, -0.1) is 0 Å². The second-order valence-electron chi connectivity index (χ2n) is 4.63. The standard InChI is InChI=1S/C12H19N3O2/c1-14-8-6-11(16)15(12(14)17)9-5-10-4-2-3-7-13-10/h6,8,10,13H,2-5,7,9H2,1H3. The first-order valence-corrected chi connectivity index (χ1v) is 6.18. The van der Waals surface area contributed by atoms with E-state index in [1.165, 1.54) is 34.2 Å². The van der Waals surface area contributed by atoms with Gasteiger partial charge in [0, 0.05) is 31.9 Å². The van der Waals surface area contributed by atoms with Crippen LogP contribution >= 0.6 is 0 Å². The second-order valence-corrected chi connectivity index (χ2v) is 4.63. The van der Waals surface area contributed by atoms with Crippen LogP contribution in [0.3, 0.4) is 0 Å².